The van der Waals surface area contributed by atoms with Crippen molar-refractivity contribution in [3.05, 3.63) is 31.5 Å². The molecule has 72 valence electrons. The summed E-state index contributed by atoms with van der Waals surface area (Å²) in [5.74, 6) is -0.225. The van der Waals surface area contributed by atoms with Gasteiger partial charge in [0.25, 0.3) is 0 Å². The van der Waals surface area contributed by atoms with E-state index in [0.29, 0.717) is 5.69 Å². The van der Waals surface area contributed by atoms with Crippen LogP contribution >= 0.6 is 0 Å². The molecule has 0 atom stereocenters. The standard InChI is InChI=1S/C10H12N2O.U/c1-8(2)12(9(3)13)10-4-6-11-7-5-10;/h4,6-8H,3H2,1-2H3;/q-2;+2. The van der Waals surface area contributed by atoms with Crippen LogP contribution in [0.2, 0.25) is 0 Å². The number of pyridine rings is 1. The zero-order valence-corrected chi connectivity index (χ0v) is 12.5. The smallest absolute Gasteiger partial charge is 0.370 e. The third-order valence-corrected chi connectivity index (χ3v) is 1.65. The van der Waals surface area contributed by atoms with Crippen LogP contribution in [-0.4, -0.2) is 16.9 Å². The summed E-state index contributed by atoms with van der Waals surface area (Å²) >= 11 is 0. The molecule has 0 N–H and O–H groups in total. The van der Waals surface area contributed by atoms with Gasteiger partial charge in [0.1, 0.15) is 0 Å². The van der Waals surface area contributed by atoms with Gasteiger partial charge in [-0.25, -0.2) is 6.07 Å². The van der Waals surface area contributed by atoms with Gasteiger partial charge in [-0.15, -0.1) is 5.69 Å². The fourth-order valence-electron chi connectivity index (χ4n) is 1.16. The third-order valence-electron chi connectivity index (χ3n) is 1.65. The molecule has 1 rings (SSSR count). The van der Waals surface area contributed by atoms with Crippen LogP contribution in [0.15, 0.2) is 18.5 Å². The van der Waals surface area contributed by atoms with Gasteiger partial charge in [0.2, 0.25) is 0 Å². The first-order valence-corrected chi connectivity index (χ1v) is 4.09. The maximum Gasteiger partial charge on any atom is 2.00 e. The second-order valence-corrected chi connectivity index (χ2v) is 2.98. The first-order valence-electron chi connectivity index (χ1n) is 4.09. The minimum Gasteiger partial charge on any atom is -0.370 e. The Labute approximate surface area is 108 Å². The quantitative estimate of drug-likeness (QED) is 0.687. The molecule has 1 aromatic heterocycles. The van der Waals surface area contributed by atoms with Crippen molar-refractivity contribution in [3.8, 4) is 0 Å². The number of hydrogen-bond donors (Lipinski definition) is 0. The zero-order chi connectivity index (χ0) is 9.84. The minimum absolute atomic E-state index is 0. The van der Waals surface area contributed by atoms with E-state index in [1.807, 2.05) is 13.8 Å². The molecule has 0 fully saturated rings. The van der Waals surface area contributed by atoms with Gasteiger partial charge < -0.3 is 21.6 Å². The fourth-order valence-corrected chi connectivity index (χ4v) is 1.16. The minimum atomic E-state index is -0.225. The molecule has 0 spiro atoms. The predicted octanol–water partition coefficient (Wildman–Crippen LogP) is 1.46. The van der Waals surface area contributed by atoms with E-state index in [4.69, 9.17) is 0 Å². The van der Waals surface area contributed by atoms with Crippen molar-refractivity contribution < 1.29 is 35.9 Å². The van der Waals surface area contributed by atoms with Crippen molar-refractivity contribution in [2.75, 3.05) is 4.90 Å². The molecule has 3 nitrogen and oxygen atoms in total. The Morgan fingerprint density at radius 3 is 2.64 bits per heavy atom. The van der Waals surface area contributed by atoms with Gasteiger partial charge in [0, 0.05) is 6.04 Å². The monoisotopic (exact) mass is 414 g/mol. The predicted molar refractivity (Wildman–Crippen MR) is 51.1 cm³/mol. The van der Waals surface area contributed by atoms with Crippen molar-refractivity contribution in [2.24, 2.45) is 0 Å². The summed E-state index contributed by atoms with van der Waals surface area (Å²) in [7, 11) is 0. The molecule has 0 unspecified atom stereocenters. The summed E-state index contributed by atoms with van der Waals surface area (Å²) in [4.78, 5) is 16.6. The van der Waals surface area contributed by atoms with E-state index in [-0.39, 0.29) is 43.1 Å². The topological polar surface area (TPSA) is 33.2 Å². The molecule has 0 radical (unpaired) electrons. The summed E-state index contributed by atoms with van der Waals surface area (Å²) in [6.07, 6.45) is 3.16. The molecule has 0 saturated heterocycles. The number of rotatable bonds is 2. The van der Waals surface area contributed by atoms with Crippen LogP contribution in [0, 0.1) is 44.1 Å². The molecule has 14 heavy (non-hydrogen) atoms. The largest absolute Gasteiger partial charge is 2.00 e. The SMILES string of the molecule is [CH2-]C(=O)N(c1[c-]cncc1)C(C)C.[U+2]. The van der Waals surface area contributed by atoms with Crippen molar-refractivity contribution >= 4 is 11.6 Å². The molecule has 0 bridgehead atoms. The van der Waals surface area contributed by atoms with Crippen LogP contribution in [0.3, 0.4) is 0 Å². The molecule has 0 aliphatic heterocycles. The van der Waals surface area contributed by atoms with Crippen LogP contribution in [0.5, 0.6) is 0 Å². The van der Waals surface area contributed by atoms with E-state index in [9.17, 15) is 4.79 Å². The van der Waals surface area contributed by atoms with Crippen LogP contribution in [0.1, 0.15) is 13.8 Å². The number of hydrogen-bond acceptors (Lipinski definition) is 2. The molecule has 0 aliphatic carbocycles. The third kappa shape index (κ3) is 3.36. The Morgan fingerprint density at radius 1 is 1.64 bits per heavy atom. The van der Waals surface area contributed by atoms with Crippen LogP contribution in [-0.2, 0) is 4.79 Å². The number of nitrogens with zero attached hydrogens (tertiary/aromatic N) is 2. The summed E-state index contributed by atoms with van der Waals surface area (Å²) in [6.45, 7) is 7.24. The van der Waals surface area contributed by atoms with E-state index in [2.05, 4.69) is 18.0 Å². The Morgan fingerprint density at radius 2 is 2.29 bits per heavy atom. The van der Waals surface area contributed by atoms with Gasteiger partial charge >= 0.3 is 31.1 Å². The van der Waals surface area contributed by atoms with Crippen molar-refractivity contribution in [1.82, 2.24) is 4.98 Å². The van der Waals surface area contributed by atoms with E-state index >= 15 is 0 Å². The van der Waals surface area contributed by atoms with Crippen molar-refractivity contribution in [2.45, 2.75) is 19.9 Å². The molecule has 1 heterocycles. The summed E-state index contributed by atoms with van der Waals surface area (Å²) < 4.78 is 0. The number of carbonyl (C=O) groups excluding carboxylic acids is 1. The van der Waals surface area contributed by atoms with Crippen molar-refractivity contribution in [3.63, 3.8) is 0 Å². The second kappa shape index (κ2) is 6.11. The zero-order valence-electron chi connectivity index (χ0n) is 8.32. The van der Waals surface area contributed by atoms with Gasteiger partial charge in [-0.1, -0.05) is 12.4 Å². The Balaban J connectivity index is 0.00000169. The van der Waals surface area contributed by atoms with Gasteiger partial charge in [-0.05, 0) is 13.8 Å². The number of carbonyl (C=O) groups is 1. The van der Waals surface area contributed by atoms with E-state index in [1.54, 1.807) is 17.2 Å². The summed E-state index contributed by atoms with van der Waals surface area (Å²) in [5.41, 5.74) is 0.713. The molecule has 0 saturated carbocycles. The fraction of sp³-hybridized carbons (Fsp3) is 0.300. The van der Waals surface area contributed by atoms with Crippen LogP contribution < -0.4 is 4.90 Å². The summed E-state index contributed by atoms with van der Waals surface area (Å²) in [6, 6.07) is 4.71. The molecule has 0 aromatic carbocycles. The van der Waals surface area contributed by atoms with Gasteiger partial charge in [0.05, 0.1) is 5.91 Å². The van der Waals surface area contributed by atoms with E-state index in [1.165, 1.54) is 6.20 Å². The van der Waals surface area contributed by atoms with Crippen molar-refractivity contribution in [1.29, 1.82) is 0 Å². The van der Waals surface area contributed by atoms with Crippen LogP contribution in [0.25, 0.3) is 0 Å². The molecular weight excluding hydrogens is 402 g/mol. The Bertz CT molecular complexity index is 287. The maximum atomic E-state index is 11.2. The molecular formula is C10H12N2OU. The number of amides is 1. The normalized spacial score (nSPS) is 9.36. The Kier molecular flexibility index (Phi) is 5.91. The first kappa shape index (κ1) is 13.5. The second-order valence-electron chi connectivity index (χ2n) is 2.98. The molecule has 0 aliphatic rings. The molecule has 1 aromatic rings. The van der Waals surface area contributed by atoms with E-state index < -0.39 is 0 Å². The average Bonchev–Trinajstić information content (AvgIpc) is 2.04. The summed E-state index contributed by atoms with van der Waals surface area (Å²) in [5, 5.41) is 0. The number of anilines is 1. The average molecular weight is 414 g/mol. The van der Waals surface area contributed by atoms with Gasteiger partial charge in [0.15, 0.2) is 0 Å². The van der Waals surface area contributed by atoms with Gasteiger partial charge in [-0.3, -0.25) is 0 Å². The Hall–Kier alpha value is -0.458. The van der Waals surface area contributed by atoms with Crippen LogP contribution in [0.4, 0.5) is 5.69 Å². The van der Waals surface area contributed by atoms with E-state index in [0.717, 1.165) is 0 Å². The molecule has 4 heteroatoms. The van der Waals surface area contributed by atoms with Gasteiger partial charge in [-0.2, -0.15) is 6.07 Å². The maximum absolute atomic E-state index is 11.2. The number of aromatic nitrogens is 1. The first-order chi connectivity index (χ1) is 6.13. The molecule has 1 amide bonds.